The zero-order valence-corrected chi connectivity index (χ0v) is 19.8. The van der Waals surface area contributed by atoms with E-state index in [1.54, 1.807) is 30.3 Å². The third kappa shape index (κ3) is 6.36. The van der Waals surface area contributed by atoms with Crippen LogP contribution in [0.5, 0.6) is 5.75 Å². The lowest BCUT2D eigenvalue weighted by molar-refractivity contribution is 0.146. The summed E-state index contributed by atoms with van der Waals surface area (Å²) in [5.41, 5.74) is 9.14. The Morgan fingerprint density at radius 2 is 1.82 bits per heavy atom. The highest BCUT2D eigenvalue weighted by Gasteiger charge is 2.23. The van der Waals surface area contributed by atoms with Gasteiger partial charge in [-0.3, -0.25) is 0 Å². The van der Waals surface area contributed by atoms with Crippen molar-refractivity contribution in [1.82, 2.24) is 10.0 Å². The minimum Gasteiger partial charge on any atom is -0.489 e. The van der Waals surface area contributed by atoms with E-state index in [2.05, 4.69) is 10.0 Å². The van der Waals surface area contributed by atoms with Crippen LogP contribution >= 0.6 is 0 Å². The fraction of sp³-hybridized carbons (Fsp3) is 0.308. The number of aliphatic hydroxyl groups is 1. The predicted octanol–water partition coefficient (Wildman–Crippen LogP) is 2.81. The largest absolute Gasteiger partial charge is 0.489 e. The summed E-state index contributed by atoms with van der Waals surface area (Å²) in [4.78, 5) is 0.256. The highest BCUT2D eigenvalue weighted by atomic mass is 32.2. The number of benzene rings is 3. The van der Waals surface area contributed by atoms with Gasteiger partial charge in [-0.1, -0.05) is 42.5 Å². The molecule has 2 atom stereocenters. The Morgan fingerprint density at radius 1 is 1.06 bits per heavy atom. The molecule has 5 N–H and O–H groups in total. The maximum absolute atomic E-state index is 12.7. The molecule has 1 aliphatic rings. The Bertz CT molecular complexity index is 1180. The Morgan fingerprint density at radius 3 is 2.59 bits per heavy atom. The van der Waals surface area contributed by atoms with Gasteiger partial charge in [-0.15, -0.1) is 0 Å². The summed E-state index contributed by atoms with van der Waals surface area (Å²) in [5.74, 6) is 0.709. The fourth-order valence-electron chi connectivity index (χ4n) is 4.01. The van der Waals surface area contributed by atoms with Crippen LogP contribution in [0, 0.1) is 0 Å². The van der Waals surface area contributed by atoms with E-state index in [9.17, 15) is 13.5 Å². The summed E-state index contributed by atoms with van der Waals surface area (Å²) in [7, 11) is -3.58. The number of hydrogen-bond donors (Lipinski definition) is 4. The zero-order valence-electron chi connectivity index (χ0n) is 19.0. The molecule has 180 valence electrons. The van der Waals surface area contributed by atoms with E-state index in [1.807, 2.05) is 42.5 Å². The van der Waals surface area contributed by atoms with Crippen molar-refractivity contribution >= 4 is 15.7 Å². The molecular formula is C26H31N3O4S. The van der Waals surface area contributed by atoms with Crippen molar-refractivity contribution in [3.8, 4) is 5.75 Å². The van der Waals surface area contributed by atoms with Gasteiger partial charge in [0.2, 0.25) is 10.0 Å². The summed E-state index contributed by atoms with van der Waals surface area (Å²) >= 11 is 0. The van der Waals surface area contributed by atoms with E-state index in [-0.39, 0.29) is 11.0 Å². The number of nitrogen functional groups attached to an aromatic ring is 1. The lowest BCUT2D eigenvalue weighted by Crippen LogP contribution is -2.36. The third-order valence-corrected chi connectivity index (χ3v) is 7.41. The molecule has 3 aromatic rings. The lowest BCUT2D eigenvalue weighted by Gasteiger charge is -2.27. The van der Waals surface area contributed by atoms with Gasteiger partial charge in [0.15, 0.2) is 0 Å². The zero-order chi connectivity index (χ0) is 24.0. The van der Waals surface area contributed by atoms with Gasteiger partial charge in [-0.25, -0.2) is 13.1 Å². The molecule has 0 saturated heterocycles. The highest BCUT2D eigenvalue weighted by Crippen LogP contribution is 2.29. The third-order valence-electron chi connectivity index (χ3n) is 5.95. The van der Waals surface area contributed by atoms with Crippen LogP contribution in [0.4, 0.5) is 5.69 Å². The molecule has 0 aliphatic carbocycles. The number of nitrogens with two attached hydrogens (primary N) is 1. The molecule has 0 saturated carbocycles. The van der Waals surface area contributed by atoms with Crippen LogP contribution in [-0.4, -0.2) is 39.3 Å². The standard InChI is InChI=1S/C26H31N3O4S/c27-22-9-6-20(7-10-22)25(30)18-28-17-23-11-8-21-16-24(12-13-26(21)33-23)34(31,32)29-15-14-19-4-2-1-3-5-19/h1-7,9-10,12-13,16,23,25,28-30H,8,11,14-15,17-18,27H2. The molecule has 3 aromatic carbocycles. The molecule has 2 unspecified atom stereocenters. The molecule has 8 heteroatoms. The predicted molar refractivity (Wildman–Crippen MR) is 133 cm³/mol. The summed E-state index contributed by atoms with van der Waals surface area (Å²) in [6.07, 6.45) is 1.46. The number of ether oxygens (including phenoxy) is 1. The van der Waals surface area contributed by atoms with E-state index in [0.717, 1.165) is 29.5 Å². The average molecular weight is 482 g/mol. The number of aryl methyl sites for hydroxylation is 1. The van der Waals surface area contributed by atoms with E-state index in [1.165, 1.54) is 0 Å². The highest BCUT2D eigenvalue weighted by molar-refractivity contribution is 7.89. The maximum atomic E-state index is 12.7. The molecule has 1 heterocycles. The topological polar surface area (TPSA) is 114 Å². The quantitative estimate of drug-likeness (QED) is 0.331. The monoisotopic (exact) mass is 481 g/mol. The normalized spacial score (nSPS) is 16.4. The molecule has 4 rings (SSSR count). The van der Waals surface area contributed by atoms with E-state index >= 15 is 0 Å². The number of hydrogen-bond acceptors (Lipinski definition) is 6. The van der Waals surface area contributed by atoms with Gasteiger partial charge in [-0.2, -0.15) is 0 Å². The van der Waals surface area contributed by atoms with E-state index < -0.39 is 16.1 Å². The fourth-order valence-corrected chi connectivity index (χ4v) is 5.09. The molecule has 1 aliphatic heterocycles. The lowest BCUT2D eigenvalue weighted by atomic mass is 10.0. The number of aliphatic hydroxyl groups excluding tert-OH is 1. The first kappa shape index (κ1) is 24.2. The second-order valence-corrected chi connectivity index (χ2v) is 10.3. The van der Waals surface area contributed by atoms with Gasteiger partial charge < -0.3 is 20.9 Å². The van der Waals surface area contributed by atoms with Crippen molar-refractivity contribution < 1.29 is 18.3 Å². The smallest absolute Gasteiger partial charge is 0.240 e. The van der Waals surface area contributed by atoms with Crippen molar-refractivity contribution in [2.75, 3.05) is 25.4 Å². The average Bonchev–Trinajstić information content (AvgIpc) is 2.84. The maximum Gasteiger partial charge on any atom is 0.240 e. The first-order chi connectivity index (χ1) is 16.4. The Hall–Kier alpha value is -2.91. The molecule has 0 aromatic heterocycles. The number of anilines is 1. The van der Waals surface area contributed by atoms with Gasteiger partial charge in [0, 0.05) is 25.3 Å². The summed E-state index contributed by atoms with van der Waals surface area (Å²) in [6, 6.07) is 22.0. The minimum absolute atomic E-state index is 0.0439. The molecule has 0 amide bonds. The second-order valence-electron chi connectivity index (χ2n) is 8.52. The molecule has 0 spiro atoms. The number of nitrogens with one attached hydrogen (secondary N) is 2. The van der Waals surface area contributed by atoms with Crippen LogP contribution in [0.3, 0.4) is 0 Å². The van der Waals surface area contributed by atoms with Crippen LogP contribution in [0.25, 0.3) is 0 Å². The van der Waals surface area contributed by atoms with Crippen molar-refractivity contribution in [2.24, 2.45) is 0 Å². The Labute approximate surface area is 201 Å². The van der Waals surface area contributed by atoms with Crippen molar-refractivity contribution in [1.29, 1.82) is 0 Å². The van der Waals surface area contributed by atoms with Crippen LogP contribution in [0.15, 0.2) is 77.7 Å². The van der Waals surface area contributed by atoms with Crippen LogP contribution in [0.1, 0.15) is 29.2 Å². The van der Waals surface area contributed by atoms with Gasteiger partial charge in [0.05, 0.1) is 11.0 Å². The molecule has 0 bridgehead atoms. The van der Waals surface area contributed by atoms with Gasteiger partial charge in [-0.05, 0) is 66.3 Å². The summed E-state index contributed by atoms with van der Waals surface area (Å²) in [5, 5.41) is 13.6. The minimum atomic E-state index is -3.58. The van der Waals surface area contributed by atoms with Crippen LogP contribution in [-0.2, 0) is 22.9 Å². The second kappa shape index (κ2) is 11.0. The van der Waals surface area contributed by atoms with Crippen LogP contribution in [0.2, 0.25) is 0 Å². The van der Waals surface area contributed by atoms with Crippen LogP contribution < -0.4 is 20.5 Å². The molecule has 7 nitrogen and oxygen atoms in total. The van der Waals surface area contributed by atoms with Gasteiger partial charge >= 0.3 is 0 Å². The number of sulfonamides is 1. The molecule has 0 fully saturated rings. The first-order valence-corrected chi connectivity index (χ1v) is 13.0. The summed E-state index contributed by atoms with van der Waals surface area (Å²) in [6.45, 7) is 1.34. The Balaban J connectivity index is 1.27. The van der Waals surface area contributed by atoms with Crippen molar-refractivity contribution in [2.45, 2.75) is 36.4 Å². The van der Waals surface area contributed by atoms with Gasteiger partial charge in [0.1, 0.15) is 11.9 Å². The molecule has 0 radical (unpaired) electrons. The first-order valence-electron chi connectivity index (χ1n) is 11.5. The number of rotatable bonds is 10. The van der Waals surface area contributed by atoms with Gasteiger partial charge in [0.25, 0.3) is 0 Å². The number of fused-ring (bicyclic) bond motifs is 1. The SMILES string of the molecule is Nc1ccc(C(O)CNCC2CCc3cc(S(=O)(=O)NCCc4ccccc4)ccc3O2)cc1. The van der Waals surface area contributed by atoms with E-state index in [4.69, 9.17) is 10.5 Å². The van der Waals surface area contributed by atoms with Crippen molar-refractivity contribution in [3.63, 3.8) is 0 Å². The Kier molecular flexibility index (Phi) is 7.84. The van der Waals surface area contributed by atoms with Crippen molar-refractivity contribution in [3.05, 3.63) is 89.5 Å². The molecule has 34 heavy (non-hydrogen) atoms. The molecular weight excluding hydrogens is 450 g/mol. The summed E-state index contributed by atoms with van der Waals surface area (Å²) < 4.78 is 34.2. The van der Waals surface area contributed by atoms with E-state index in [0.29, 0.717) is 37.5 Å².